The Kier molecular flexibility index (Phi) is 4.96. The lowest BCUT2D eigenvalue weighted by molar-refractivity contribution is -0.138. The molecule has 1 N–H and O–H groups in total. The third-order valence-electron chi connectivity index (χ3n) is 5.03. The molecule has 0 aliphatic heterocycles. The largest absolute Gasteiger partial charge is 0.490 e. The molecule has 2 aromatic rings. The molecule has 0 spiro atoms. The third-order valence-corrected chi connectivity index (χ3v) is 5.03. The summed E-state index contributed by atoms with van der Waals surface area (Å²) in [4.78, 5) is 0. The van der Waals surface area contributed by atoms with Gasteiger partial charge < -0.3 is 9.84 Å². The van der Waals surface area contributed by atoms with Gasteiger partial charge in [-0.2, -0.15) is 13.2 Å². The lowest BCUT2D eigenvalue weighted by Gasteiger charge is -2.28. The van der Waals surface area contributed by atoms with Crippen LogP contribution in [0.5, 0.6) is 5.75 Å². The highest BCUT2D eigenvalue weighted by Crippen LogP contribution is 2.43. The molecule has 1 aliphatic rings. The number of hydrogen-bond donors (Lipinski definition) is 1. The molecule has 1 unspecified atom stereocenters. The van der Waals surface area contributed by atoms with Crippen molar-refractivity contribution in [2.45, 2.75) is 57.9 Å². The summed E-state index contributed by atoms with van der Waals surface area (Å²) in [7, 11) is 0. The lowest BCUT2D eigenvalue weighted by atomic mass is 9.89. The van der Waals surface area contributed by atoms with Crippen LogP contribution in [0.25, 0.3) is 10.8 Å². The normalized spacial score (nSPS) is 22.8. The first kappa shape index (κ1) is 18.1. The van der Waals surface area contributed by atoms with E-state index in [9.17, 15) is 18.3 Å². The SMILES string of the molecule is CC1CCC(Oc2ccc3ccc(C(C)O)cc3c2C(F)(F)F)CC1. The number of fused-ring (bicyclic) bond motifs is 1. The second-order valence-electron chi connectivity index (χ2n) is 7.09. The molecule has 2 nitrogen and oxygen atoms in total. The average Bonchev–Trinajstić information content (AvgIpc) is 2.55. The summed E-state index contributed by atoms with van der Waals surface area (Å²) in [5.74, 6) is 0.495. The van der Waals surface area contributed by atoms with Crippen LogP contribution in [-0.2, 0) is 6.18 Å². The van der Waals surface area contributed by atoms with Crippen molar-refractivity contribution in [3.8, 4) is 5.75 Å². The Labute approximate surface area is 145 Å². The summed E-state index contributed by atoms with van der Waals surface area (Å²) >= 11 is 0. The highest BCUT2D eigenvalue weighted by Gasteiger charge is 2.37. The molecule has 0 amide bonds. The van der Waals surface area contributed by atoms with Gasteiger partial charge in [0, 0.05) is 0 Å². The lowest BCUT2D eigenvalue weighted by Crippen LogP contribution is -2.24. The second-order valence-corrected chi connectivity index (χ2v) is 7.09. The molecule has 1 atom stereocenters. The summed E-state index contributed by atoms with van der Waals surface area (Å²) in [6.07, 6.45) is -2.00. The van der Waals surface area contributed by atoms with Crippen molar-refractivity contribution in [2.24, 2.45) is 5.92 Å². The zero-order valence-corrected chi connectivity index (χ0v) is 14.4. The number of benzene rings is 2. The molecule has 5 heteroatoms. The monoisotopic (exact) mass is 352 g/mol. The number of hydrogen-bond acceptors (Lipinski definition) is 2. The number of ether oxygens (including phenoxy) is 1. The van der Waals surface area contributed by atoms with Crippen LogP contribution in [0.15, 0.2) is 30.3 Å². The van der Waals surface area contributed by atoms with Crippen LogP contribution in [0.2, 0.25) is 0 Å². The van der Waals surface area contributed by atoms with E-state index in [4.69, 9.17) is 4.74 Å². The number of alkyl halides is 3. The van der Waals surface area contributed by atoms with Crippen molar-refractivity contribution in [1.29, 1.82) is 0 Å². The minimum atomic E-state index is -4.52. The van der Waals surface area contributed by atoms with E-state index in [2.05, 4.69) is 6.92 Å². The zero-order valence-electron chi connectivity index (χ0n) is 14.4. The number of aliphatic hydroxyl groups excluding tert-OH is 1. The van der Waals surface area contributed by atoms with Crippen LogP contribution < -0.4 is 4.74 Å². The standard InChI is InChI=1S/C20H23F3O2/c1-12-3-8-16(9-4-12)25-18-10-7-14-5-6-15(13(2)24)11-17(14)19(18)20(21,22)23/h5-7,10-13,16,24H,3-4,8-9H2,1-2H3. The van der Waals surface area contributed by atoms with Gasteiger partial charge in [-0.05, 0) is 67.0 Å². The van der Waals surface area contributed by atoms with Gasteiger partial charge in [0.05, 0.1) is 12.2 Å². The Balaban J connectivity index is 2.05. The summed E-state index contributed by atoms with van der Waals surface area (Å²) in [5, 5.41) is 10.3. The zero-order chi connectivity index (χ0) is 18.2. The van der Waals surface area contributed by atoms with Crippen LogP contribution in [0, 0.1) is 5.92 Å². The molecule has 0 heterocycles. The Morgan fingerprint density at radius 1 is 1.08 bits per heavy atom. The van der Waals surface area contributed by atoms with Crippen molar-refractivity contribution in [2.75, 3.05) is 0 Å². The van der Waals surface area contributed by atoms with Crippen LogP contribution in [0.4, 0.5) is 13.2 Å². The van der Waals surface area contributed by atoms with Gasteiger partial charge in [0.1, 0.15) is 11.3 Å². The first-order chi connectivity index (χ1) is 11.8. The van der Waals surface area contributed by atoms with Gasteiger partial charge in [-0.25, -0.2) is 0 Å². The van der Waals surface area contributed by atoms with Crippen LogP contribution in [0.1, 0.15) is 56.8 Å². The fourth-order valence-electron chi connectivity index (χ4n) is 3.49. The second kappa shape index (κ2) is 6.87. The molecule has 0 saturated heterocycles. The van der Waals surface area contributed by atoms with Gasteiger partial charge >= 0.3 is 6.18 Å². The summed E-state index contributed by atoms with van der Waals surface area (Å²) in [5.41, 5.74) is -0.284. The van der Waals surface area contributed by atoms with E-state index in [0.29, 0.717) is 16.9 Å². The summed E-state index contributed by atoms with van der Waals surface area (Å²) < 4.78 is 47.1. The van der Waals surface area contributed by atoms with Crippen molar-refractivity contribution in [1.82, 2.24) is 0 Å². The van der Waals surface area contributed by atoms with Gasteiger partial charge in [0.15, 0.2) is 0 Å². The van der Waals surface area contributed by atoms with E-state index in [1.165, 1.54) is 19.1 Å². The van der Waals surface area contributed by atoms with Crippen molar-refractivity contribution in [3.63, 3.8) is 0 Å². The van der Waals surface area contributed by atoms with Gasteiger partial charge in [-0.15, -0.1) is 0 Å². The third kappa shape index (κ3) is 3.92. The van der Waals surface area contributed by atoms with Crippen molar-refractivity contribution < 1.29 is 23.0 Å². The highest BCUT2D eigenvalue weighted by molar-refractivity contribution is 5.89. The predicted octanol–water partition coefficient (Wildman–Crippen LogP) is 5.87. The van der Waals surface area contributed by atoms with Gasteiger partial charge in [0.2, 0.25) is 0 Å². The Bertz CT molecular complexity index is 744. The number of rotatable bonds is 3. The quantitative estimate of drug-likeness (QED) is 0.748. The highest BCUT2D eigenvalue weighted by atomic mass is 19.4. The Morgan fingerprint density at radius 2 is 1.72 bits per heavy atom. The Hall–Kier alpha value is -1.75. The van der Waals surface area contributed by atoms with Crippen LogP contribution in [-0.4, -0.2) is 11.2 Å². The van der Waals surface area contributed by atoms with E-state index < -0.39 is 17.8 Å². The summed E-state index contributed by atoms with van der Waals surface area (Å²) in [6.45, 7) is 3.70. The molecule has 1 aliphatic carbocycles. The molecule has 136 valence electrons. The molecule has 0 radical (unpaired) electrons. The molecule has 0 bridgehead atoms. The van der Waals surface area contributed by atoms with E-state index in [1.807, 2.05) is 0 Å². The molecular weight excluding hydrogens is 329 g/mol. The maximum Gasteiger partial charge on any atom is 0.420 e. The minimum Gasteiger partial charge on any atom is -0.490 e. The molecule has 0 aromatic heterocycles. The van der Waals surface area contributed by atoms with Gasteiger partial charge in [-0.3, -0.25) is 0 Å². The molecule has 1 saturated carbocycles. The Morgan fingerprint density at radius 3 is 2.32 bits per heavy atom. The molecular formula is C20H23F3O2. The molecule has 2 aromatic carbocycles. The minimum absolute atomic E-state index is 0.0765. The number of aliphatic hydroxyl groups is 1. The molecule has 25 heavy (non-hydrogen) atoms. The summed E-state index contributed by atoms with van der Waals surface area (Å²) in [6, 6.07) is 7.75. The van der Waals surface area contributed by atoms with Gasteiger partial charge in [0.25, 0.3) is 0 Å². The molecule has 1 fully saturated rings. The van der Waals surface area contributed by atoms with Gasteiger partial charge in [-0.1, -0.05) is 25.1 Å². The fraction of sp³-hybridized carbons (Fsp3) is 0.500. The van der Waals surface area contributed by atoms with Crippen molar-refractivity contribution >= 4 is 10.8 Å². The smallest absolute Gasteiger partial charge is 0.420 e. The maximum atomic E-state index is 13.8. The van der Waals surface area contributed by atoms with Crippen molar-refractivity contribution in [3.05, 3.63) is 41.5 Å². The number of halogens is 3. The van der Waals surface area contributed by atoms with E-state index in [-0.39, 0.29) is 17.2 Å². The van der Waals surface area contributed by atoms with E-state index >= 15 is 0 Å². The fourth-order valence-corrected chi connectivity index (χ4v) is 3.49. The predicted molar refractivity (Wildman–Crippen MR) is 91.6 cm³/mol. The first-order valence-corrected chi connectivity index (χ1v) is 8.74. The van der Waals surface area contributed by atoms with Crippen LogP contribution in [0.3, 0.4) is 0 Å². The van der Waals surface area contributed by atoms with E-state index in [1.54, 1.807) is 18.2 Å². The average molecular weight is 352 g/mol. The van der Waals surface area contributed by atoms with E-state index in [0.717, 1.165) is 25.7 Å². The topological polar surface area (TPSA) is 29.5 Å². The first-order valence-electron chi connectivity index (χ1n) is 8.74. The molecule has 3 rings (SSSR count). The maximum absolute atomic E-state index is 13.8. The van der Waals surface area contributed by atoms with Crippen LogP contribution >= 0.6 is 0 Å².